The summed E-state index contributed by atoms with van der Waals surface area (Å²) in [6, 6.07) is 0. The molecule has 1 aliphatic carbocycles. The Morgan fingerprint density at radius 1 is 1.46 bits per heavy atom. The number of ether oxygens (including phenoxy) is 1. The molecule has 1 rings (SSSR count). The van der Waals surface area contributed by atoms with Gasteiger partial charge in [0.05, 0.1) is 0 Å². The van der Waals surface area contributed by atoms with Crippen molar-refractivity contribution in [2.24, 2.45) is 5.92 Å². The van der Waals surface area contributed by atoms with Gasteiger partial charge >= 0.3 is 5.97 Å². The second-order valence-electron chi connectivity index (χ2n) is 4.61. The van der Waals surface area contributed by atoms with Crippen LogP contribution in [0.3, 0.4) is 0 Å². The molecule has 0 aromatic carbocycles. The summed E-state index contributed by atoms with van der Waals surface area (Å²) in [6.45, 7) is 5.62. The van der Waals surface area contributed by atoms with Gasteiger partial charge in [-0.05, 0) is 46.0 Å². The maximum Gasteiger partial charge on any atom is 0.330 e. The molecule has 13 heavy (non-hydrogen) atoms. The fourth-order valence-corrected chi connectivity index (χ4v) is 1.05. The Morgan fingerprint density at radius 3 is 2.54 bits per heavy atom. The number of carbonyl (C=O) groups is 1. The van der Waals surface area contributed by atoms with Crippen LogP contribution in [0.2, 0.25) is 0 Å². The van der Waals surface area contributed by atoms with E-state index in [-0.39, 0.29) is 11.6 Å². The highest BCUT2D eigenvalue weighted by molar-refractivity contribution is 5.82. The Hall–Kier alpha value is -0.790. The summed E-state index contributed by atoms with van der Waals surface area (Å²) in [5, 5.41) is 0. The van der Waals surface area contributed by atoms with Crippen LogP contribution in [-0.2, 0) is 9.53 Å². The zero-order valence-corrected chi connectivity index (χ0v) is 8.67. The maximum absolute atomic E-state index is 11.2. The molecule has 0 unspecified atom stereocenters. The van der Waals surface area contributed by atoms with Gasteiger partial charge in [0.25, 0.3) is 0 Å². The third-order valence-corrected chi connectivity index (χ3v) is 1.83. The van der Waals surface area contributed by atoms with Gasteiger partial charge in [-0.2, -0.15) is 0 Å². The third kappa shape index (κ3) is 5.45. The van der Waals surface area contributed by atoms with E-state index in [0.717, 1.165) is 12.3 Å². The molecule has 0 N–H and O–H groups in total. The number of allylic oxidation sites excluding steroid dienone is 1. The standard InChI is InChI=1S/C11H18O2/c1-11(2,3)13-10(12)6-4-5-9-7-8-9/h4,6,9H,5,7-8H2,1-3H3/b6-4+. The monoisotopic (exact) mass is 182 g/mol. The molecule has 0 bridgehead atoms. The highest BCUT2D eigenvalue weighted by Gasteiger charge is 2.19. The smallest absolute Gasteiger partial charge is 0.330 e. The Balaban J connectivity index is 2.19. The van der Waals surface area contributed by atoms with Crippen LogP contribution in [-0.4, -0.2) is 11.6 Å². The van der Waals surface area contributed by atoms with E-state index in [1.165, 1.54) is 12.8 Å². The average Bonchev–Trinajstić information content (AvgIpc) is 2.66. The molecule has 1 aliphatic rings. The zero-order chi connectivity index (χ0) is 9.90. The highest BCUT2D eigenvalue weighted by Crippen LogP contribution is 2.32. The van der Waals surface area contributed by atoms with Crippen molar-refractivity contribution in [1.29, 1.82) is 0 Å². The van der Waals surface area contributed by atoms with Crippen LogP contribution < -0.4 is 0 Å². The van der Waals surface area contributed by atoms with E-state index in [9.17, 15) is 4.79 Å². The van der Waals surface area contributed by atoms with Crippen LogP contribution in [0, 0.1) is 5.92 Å². The molecular formula is C11H18O2. The summed E-state index contributed by atoms with van der Waals surface area (Å²) >= 11 is 0. The molecule has 0 atom stereocenters. The Kier molecular flexibility index (Phi) is 3.12. The molecule has 0 aromatic heterocycles. The number of hydrogen-bond acceptors (Lipinski definition) is 2. The number of esters is 1. The second-order valence-corrected chi connectivity index (χ2v) is 4.61. The average molecular weight is 182 g/mol. The van der Waals surface area contributed by atoms with Gasteiger partial charge in [0.1, 0.15) is 5.60 Å². The Morgan fingerprint density at radius 2 is 2.08 bits per heavy atom. The normalized spacial score (nSPS) is 17.8. The van der Waals surface area contributed by atoms with Crippen molar-refractivity contribution in [3.8, 4) is 0 Å². The molecule has 1 fully saturated rings. The zero-order valence-electron chi connectivity index (χ0n) is 8.67. The van der Waals surface area contributed by atoms with Gasteiger partial charge in [0.15, 0.2) is 0 Å². The Labute approximate surface area is 80.0 Å². The van der Waals surface area contributed by atoms with Gasteiger partial charge in [0.2, 0.25) is 0 Å². The molecule has 0 radical (unpaired) electrons. The minimum Gasteiger partial charge on any atom is -0.457 e. The van der Waals surface area contributed by atoms with Crippen LogP contribution in [0.25, 0.3) is 0 Å². The molecule has 0 aliphatic heterocycles. The molecule has 2 nitrogen and oxygen atoms in total. The molecule has 74 valence electrons. The lowest BCUT2D eigenvalue weighted by Gasteiger charge is -2.17. The molecular weight excluding hydrogens is 164 g/mol. The topological polar surface area (TPSA) is 26.3 Å². The van der Waals surface area contributed by atoms with E-state index in [4.69, 9.17) is 4.74 Å². The number of rotatable bonds is 3. The van der Waals surface area contributed by atoms with Gasteiger partial charge in [0, 0.05) is 6.08 Å². The minimum absolute atomic E-state index is 0.229. The van der Waals surface area contributed by atoms with Crippen LogP contribution in [0.15, 0.2) is 12.2 Å². The summed E-state index contributed by atoms with van der Waals surface area (Å²) in [6.07, 6.45) is 7.13. The van der Waals surface area contributed by atoms with Crippen molar-refractivity contribution in [3.63, 3.8) is 0 Å². The number of hydrogen-bond donors (Lipinski definition) is 0. The molecule has 0 amide bonds. The van der Waals surface area contributed by atoms with E-state index >= 15 is 0 Å². The van der Waals surface area contributed by atoms with Gasteiger partial charge in [-0.3, -0.25) is 0 Å². The van der Waals surface area contributed by atoms with Gasteiger partial charge in [-0.15, -0.1) is 0 Å². The quantitative estimate of drug-likeness (QED) is 0.495. The Bertz CT molecular complexity index is 207. The largest absolute Gasteiger partial charge is 0.457 e. The summed E-state index contributed by atoms with van der Waals surface area (Å²) in [5.41, 5.74) is -0.374. The van der Waals surface area contributed by atoms with Gasteiger partial charge in [-0.1, -0.05) is 6.08 Å². The lowest BCUT2D eigenvalue weighted by molar-refractivity contribution is -0.148. The van der Waals surface area contributed by atoms with E-state index in [0.29, 0.717) is 0 Å². The lowest BCUT2D eigenvalue weighted by Crippen LogP contribution is -2.22. The second kappa shape index (κ2) is 3.95. The molecule has 0 spiro atoms. The van der Waals surface area contributed by atoms with E-state index in [1.54, 1.807) is 6.08 Å². The molecule has 0 saturated heterocycles. The van der Waals surface area contributed by atoms with E-state index < -0.39 is 0 Å². The summed E-state index contributed by atoms with van der Waals surface area (Å²) in [5.74, 6) is 0.604. The summed E-state index contributed by atoms with van der Waals surface area (Å²) < 4.78 is 5.11. The van der Waals surface area contributed by atoms with Crippen molar-refractivity contribution in [2.75, 3.05) is 0 Å². The summed E-state index contributed by atoms with van der Waals surface area (Å²) in [4.78, 5) is 11.2. The fourth-order valence-electron chi connectivity index (χ4n) is 1.05. The molecule has 0 heterocycles. The van der Waals surface area contributed by atoms with Crippen molar-refractivity contribution >= 4 is 5.97 Å². The SMILES string of the molecule is CC(C)(C)OC(=O)/C=C/CC1CC1. The predicted molar refractivity (Wildman–Crippen MR) is 52.3 cm³/mol. The highest BCUT2D eigenvalue weighted by atomic mass is 16.6. The fraction of sp³-hybridized carbons (Fsp3) is 0.727. The molecule has 1 saturated carbocycles. The van der Waals surface area contributed by atoms with Gasteiger partial charge in [-0.25, -0.2) is 4.79 Å². The summed E-state index contributed by atoms with van der Waals surface area (Å²) in [7, 11) is 0. The van der Waals surface area contributed by atoms with Crippen molar-refractivity contribution < 1.29 is 9.53 Å². The number of carbonyl (C=O) groups excluding carboxylic acids is 1. The van der Waals surface area contributed by atoms with E-state index in [2.05, 4.69) is 0 Å². The first-order valence-corrected chi connectivity index (χ1v) is 4.87. The van der Waals surface area contributed by atoms with Crippen LogP contribution in [0.1, 0.15) is 40.0 Å². The van der Waals surface area contributed by atoms with E-state index in [1.807, 2.05) is 26.8 Å². The van der Waals surface area contributed by atoms with Crippen molar-refractivity contribution in [1.82, 2.24) is 0 Å². The first-order valence-electron chi connectivity index (χ1n) is 4.87. The predicted octanol–water partition coefficient (Wildman–Crippen LogP) is 2.68. The van der Waals surface area contributed by atoms with Crippen LogP contribution in [0.5, 0.6) is 0 Å². The van der Waals surface area contributed by atoms with Crippen molar-refractivity contribution in [2.45, 2.75) is 45.6 Å². The molecule has 0 aromatic rings. The minimum atomic E-state index is -0.374. The van der Waals surface area contributed by atoms with Crippen LogP contribution in [0.4, 0.5) is 0 Å². The lowest BCUT2D eigenvalue weighted by atomic mass is 10.2. The van der Waals surface area contributed by atoms with Crippen LogP contribution >= 0.6 is 0 Å². The third-order valence-electron chi connectivity index (χ3n) is 1.83. The van der Waals surface area contributed by atoms with Gasteiger partial charge < -0.3 is 4.74 Å². The first kappa shape index (κ1) is 10.3. The van der Waals surface area contributed by atoms with Crippen molar-refractivity contribution in [3.05, 3.63) is 12.2 Å². The molecule has 2 heteroatoms. The first-order chi connectivity index (χ1) is 5.97. The maximum atomic E-state index is 11.2.